The van der Waals surface area contributed by atoms with E-state index >= 15 is 0 Å². The molecule has 0 radical (unpaired) electrons. The molecule has 0 aliphatic heterocycles. The number of benzene rings is 2. The summed E-state index contributed by atoms with van der Waals surface area (Å²) >= 11 is 5.81. The maximum absolute atomic E-state index is 12.9. The average molecular weight is 512 g/mol. The maximum atomic E-state index is 12.9. The number of hydrogen-bond donors (Lipinski definition) is 3. The molecule has 0 saturated heterocycles. The van der Waals surface area contributed by atoms with E-state index in [9.17, 15) is 18.0 Å². The van der Waals surface area contributed by atoms with Gasteiger partial charge in [-0.15, -0.1) is 12.4 Å². The molecule has 1 heterocycles. The lowest BCUT2D eigenvalue weighted by atomic mass is 10.2. The van der Waals surface area contributed by atoms with E-state index in [-0.39, 0.29) is 35.2 Å². The molecule has 1 amide bonds. The van der Waals surface area contributed by atoms with Gasteiger partial charge in [0, 0.05) is 16.9 Å². The van der Waals surface area contributed by atoms with Crippen LogP contribution in [0.5, 0.6) is 5.75 Å². The number of hydrogen-bond acceptors (Lipinski definition) is 6. The number of carboxylic acids is 1. The molecule has 0 spiro atoms. The fraction of sp³-hybridized carbons (Fsp3) is 0.0952. The van der Waals surface area contributed by atoms with Gasteiger partial charge in [-0.25, -0.2) is 13.2 Å². The van der Waals surface area contributed by atoms with Gasteiger partial charge < -0.3 is 15.2 Å². The molecular weight excluding hydrogens is 493 g/mol. The molecule has 1 unspecified atom stereocenters. The van der Waals surface area contributed by atoms with Crippen LogP contribution in [-0.4, -0.2) is 43.0 Å². The van der Waals surface area contributed by atoms with Crippen LogP contribution >= 0.6 is 24.0 Å². The smallest absolute Gasteiger partial charge is 0.335 e. The monoisotopic (exact) mass is 511 g/mol. The van der Waals surface area contributed by atoms with Gasteiger partial charge in [-0.3, -0.25) is 9.78 Å². The molecule has 3 aromatic rings. The first-order valence-electron chi connectivity index (χ1n) is 9.19. The van der Waals surface area contributed by atoms with Gasteiger partial charge >= 0.3 is 5.97 Å². The van der Waals surface area contributed by atoms with Crippen molar-refractivity contribution in [1.82, 2.24) is 9.71 Å². The van der Waals surface area contributed by atoms with Crippen LogP contribution in [0.3, 0.4) is 0 Å². The van der Waals surface area contributed by atoms with Crippen molar-refractivity contribution in [2.24, 2.45) is 0 Å². The van der Waals surface area contributed by atoms with E-state index in [1.54, 1.807) is 12.1 Å². The molecule has 9 nitrogen and oxygen atoms in total. The van der Waals surface area contributed by atoms with E-state index in [1.165, 1.54) is 60.9 Å². The molecule has 3 N–H and O–H groups in total. The Bertz CT molecular complexity index is 1210. The van der Waals surface area contributed by atoms with E-state index in [4.69, 9.17) is 21.4 Å². The van der Waals surface area contributed by atoms with Crippen molar-refractivity contribution in [1.29, 1.82) is 0 Å². The summed E-state index contributed by atoms with van der Waals surface area (Å²) in [5, 5.41) is 12.0. The fourth-order valence-corrected chi connectivity index (χ4v) is 3.91. The van der Waals surface area contributed by atoms with Crippen molar-refractivity contribution >= 4 is 51.6 Å². The second kappa shape index (κ2) is 11.6. The quantitative estimate of drug-likeness (QED) is 0.401. The first kappa shape index (κ1) is 26.1. The predicted molar refractivity (Wildman–Crippen MR) is 125 cm³/mol. The van der Waals surface area contributed by atoms with Gasteiger partial charge in [0.05, 0.1) is 16.7 Å². The third-order valence-electron chi connectivity index (χ3n) is 4.17. The summed E-state index contributed by atoms with van der Waals surface area (Å²) in [6, 6.07) is 12.9. The Morgan fingerprint density at radius 2 is 1.82 bits per heavy atom. The largest absolute Gasteiger partial charge is 0.490 e. The van der Waals surface area contributed by atoms with Crippen molar-refractivity contribution < 1.29 is 27.9 Å². The number of carbonyl (C=O) groups is 2. The highest BCUT2D eigenvalue weighted by Gasteiger charge is 2.27. The molecule has 0 aliphatic rings. The van der Waals surface area contributed by atoms with Gasteiger partial charge in [-0.1, -0.05) is 17.7 Å². The summed E-state index contributed by atoms with van der Waals surface area (Å²) < 4.78 is 33.4. The number of pyridine rings is 1. The molecule has 12 heteroatoms. The Labute approximate surface area is 201 Å². The maximum Gasteiger partial charge on any atom is 0.335 e. The van der Waals surface area contributed by atoms with Crippen molar-refractivity contribution in [3.8, 4) is 5.75 Å². The topological polar surface area (TPSA) is 135 Å². The molecular formula is C21H19Cl2N3O6S. The van der Waals surface area contributed by atoms with Crippen LogP contribution in [0.2, 0.25) is 5.02 Å². The number of anilines is 1. The van der Waals surface area contributed by atoms with Crippen LogP contribution in [0.1, 0.15) is 10.4 Å². The lowest BCUT2D eigenvalue weighted by Gasteiger charge is -2.19. The minimum Gasteiger partial charge on any atom is -0.490 e. The highest BCUT2D eigenvalue weighted by Crippen LogP contribution is 2.16. The molecule has 3 rings (SSSR count). The predicted octanol–water partition coefficient (Wildman–Crippen LogP) is 3.22. The van der Waals surface area contributed by atoms with Crippen LogP contribution in [-0.2, 0) is 14.8 Å². The second-order valence-electron chi connectivity index (χ2n) is 6.50. The zero-order chi connectivity index (χ0) is 23.1. The van der Waals surface area contributed by atoms with Crippen LogP contribution < -0.4 is 14.8 Å². The van der Waals surface area contributed by atoms with Crippen LogP contribution in [0.4, 0.5) is 5.69 Å². The molecule has 1 aromatic heterocycles. The zero-order valence-electron chi connectivity index (χ0n) is 16.8. The van der Waals surface area contributed by atoms with E-state index in [0.717, 1.165) is 0 Å². The highest BCUT2D eigenvalue weighted by atomic mass is 35.5. The zero-order valence-corrected chi connectivity index (χ0v) is 19.2. The number of ether oxygens (including phenoxy) is 1. The van der Waals surface area contributed by atoms with Gasteiger partial charge in [-0.2, -0.15) is 4.72 Å². The molecule has 1 atom stereocenters. The molecule has 174 valence electrons. The van der Waals surface area contributed by atoms with Gasteiger partial charge in [0.15, 0.2) is 0 Å². The number of nitrogens with one attached hydrogen (secondary N) is 2. The molecule has 33 heavy (non-hydrogen) atoms. The number of aromatic carboxylic acids is 1. The van der Waals surface area contributed by atoms with E-state index in [0.29, 0.717) is 10.8 Å². The van der Waals surface area contributed by atoms with Gasteiger partial charge in [0.2, 0.25) is 15.9 Å². The fourth-order valence-electron chi connectivity index (χ4n) is 2.60. The van der Waals surface area contributed by atoms with Crippen molar-refractivity contribution in [3.63, 3.8) is 0 Å². The summed E-state index contributed by atoms with van der Waals surface area (Å²) in [5.41, 5.74) is 0.152. The average Bonchev–Trinajstić information content (AvgIpc) is 2.77. The Balaban J connectivity index is 0.00000385. The van der Waals surface area contributed by atoms with Crippen LogP contribution in [0, 0.1) is 0 Å². The number of aromatic nitrogens is 1. The van der Waals surface area contributed by atoms with E-state index in [1.807, 2.05) is 0 Å². The van der Waals surface area contributed by atoms with Crippen LogP contribution in [0.25, 0.3) is 0 Å². The van der Waals surface area contributed by atoms with Crippen molar-refractivity contribution in [2.45, 2.75) is 10.9 Å². The number of halogens is 2. The minimum absolute atomic E-state index is 0. The summed E-state index contributed by atoms with van der Waals surface area (Å²) in [6.45, 7) is -0.344. The Morgan fingerprint density at radius 1 is 1.09 bits per heavy atom. The van der Waals surface area contributed by atoms with E-state index < -0.39 is 27.9 Å². The van der Waals surface area contributed by atoms with Crippen LogP contribution in [0.15, 0.2) is 78.0 Å². The molecule has 0 saturated carbocycles. The number of rotatable bonds is 9. The SMILES string of the molecule is Cl.O=C(O)c1cccc(NC(=O)C(COc2cccnc2)NS(=O)(=O)c2ccc(Cl)cc2)c1. The summed E-state index contributed by atoms with van der Waals surface area (Å²) in [5.74, 6) is -1.57. The third-order valence-corrected chi connectivity index (χ3v) is 5.91. The summed E-state index contributed by atoms with van der Waals surface area (Å²) in [7, 11) is -4.10. The lowest BCUT2D eigenvalue weighted by molar-refractivity contribution is -0.118. The van der Waals surface area contributed by atoms with Crippen molar-refractivity contribution in [2.75, 3.05) is 11.9 Å². The summed E-state index contributed by atoms with van der Waals surface area (Å²) in [4.78, 5) is 27.8. The second-order valence-corrected chi connectivity index (χ2v) is 8.65. The molecule has 0 aliphatic carbocycles. The number of sulfonamides is 1. The lowest BCUT2D eigenvalue weighted by Crippen LogP contribution is -2.47. The molecule has 0 fully saturated rings. The number of carbonyl (C=O) groups excluding carboxylic acids is 1. The minimum atomic E-state index is -4.10. The first-order chi connectivity index (χ1) is 15.2. The van der Waals surface area contributed by atoms with Gasteiger partial charge in [0.1, 0.15) is 18.4 Å². The normalized spacial score (nSPS) is 11.7. The number of amides is 1. The number of nitrogens with zero attached hydrogens (tertiary/aromatic N) is 1. The van der Waals surface area contributed by atoms with E-state index in [2.05, 4.69) is 15.0 Å². The highest BCUT2D eigenvalue weighted by molar-refractivity contribution is 7.89. The third kappa shape index (κ3) is 7.43. The van der Waals surface area contributed by atoms with Crippen molar-refractivity contribution in [3.05, 3.63) is 83.6 Å². The Kier molecular flexibility index (Phi) is 9.18. The number of carboxylic acid groups (broad SMARTS) is 1. The van der Waals surface area contributed by atoms with Gasteiger partial charge in [0.25, 0.3) is 0 Å². The standard InChI is InChI=1S/C21H18ClN3O6S.ClH/c22-15-6-8-18(9-7-15)32(29,30)25-19(13-31-17-5-2-10-23-12-17)20(26)24-16-4-1-3-14(11-16)21(27)28;/h1-12,19,25H,13H2,(H,24,26)(H,27,28);1H. The summed E-state index contributed by atoms with van der Waals surface area (Å²) in [6.07, 6.45) is 2.95. The van der Waals surface area contributed by atoms with Gasteiger partial charge in [-0.05, 0) is 54.6 Å². The first-order valence-corrected chi connectivity index (χ1v) is 11.1. The Hall–Kier alpha value is -3.18. The molecule has 2 aromatic carbocycles. The molecule has 0 bridgehead atoms. The Morgan fingerprint density at radius 3 is 2.45 bits per heavy atom.